The van der Waals surface area contributed by atoms with Gasteiger partial charge in [-0.2, -0.15) is 5.10 Å². The van der Waals surface area contributed by atoms with Crippen molar-refractivity contribution in [1.29, 1.82) is 0 Å². The van der Waals surface area contributed by atoms with E-state index in [1.807, 2.05) is 54.2 Å². The van der Waals surface area contributed by atoms with Crippen LogP contribution in [0.3, 0.4) is 0 Å². The van der Waals surface area contributed by atoms with Gasteiger partial charge in [-0.05, 0) is 38.1 Å². The smallest absolute Gasteiger partial charge is 0.206 e. The number of phenols is 1. The first-order valence-electron chi connectivity index (χ1n) is 7.98. The molecule has 1 heterocycles. The summed E-state index contributed by atoms with van der Waals surface area (Å²) < 4.78 is 3.68. The third-order valence-corrected chi connectivity index (χ3v) is 5.52. The number of halogens is 2. The molecular weight excluding hydrogens is 478 g/mol. The second-order valence-electron chi connectivity index (χ2n) is 5.87. The summed E-state index contributed by atoms with van der Waals surface area (Å²) in [5.74, 6) is 0.178. The number of aromatic nitrogens is 1. The van der Waals surface area contributed by atoms with Gasteiger partial charge in [0.05, 0.1) is 11.9 Å². The molecule has 0 bridgehead atoms. The van der Waals surface area contributed by atoms with Crippen molar-refractivity contribution >= 4 is 49.4 Å². The summed E-state index contributed by atoms with van der Waals surface area (Å²) in [5, 5.41) is 16.7. The molecule has 134 valence electrons. The Hall–Kier alpha value is -1.70. The Morgan fingerprint density at radius 2 is 1.92 bits per heavy atom. The van der Waals surface area contributed by atoms with Gasteiger partial charge in [0.15, 0.2) is 0 Å². The first-order valence-corrected chi connectivity index (χ1v) is 10.4. The third kappa shape index (κ3) is 4.34. The van der Waals surface area contributed by atoms with Crippen molar-refractivity contribution in [3.05, 3.63) is 67.2 Å². The van der Waals surface area contributed by atoms with Gasteiger partial charge in [0.25, 0.3) is 0 Å². The maximum Gasteiger partial charge on any atom is 0.206 e. The lowest BCUT2D eigenvalue weighted by Gasteiger charge is -2.06. The van der Waals surface area contributed by atoms with E-state index in [1.54, 1.807) is 29.7 Å². The van der Waals surface area contributed by atoms with Gasteiger partial charge in [0.1, 0.15) is 5.75 Å². The standard InChI is InChI=1S/C19H17Br2N3OS/c1-12(2)23-19-24(22-10-13-9-14(20)7-8-18(13)25)17(11-26-19)15-5-3-4-6-16(15)21/h3-12,25H,1-2H3. The number of hydrogen-bond acceptors (Lipinski definition) is 4. The third-order valence-electron chi connectivity index (χ3n) is 3.51. The highest BCUT2D eigenvalue weighted by Gasteiger charge is 2.11. The molecule has 4 nitrogen and oxygen atoms in total. The Kier molecular flexibility index (Phi) is 6.11. The van der Waals surface area contributed by atoms with E-state index in [0.717, 1.165) is 25.0 Å². The maximum absolute atomic E-state index is 10.1. The van der Waals surface area contributed by atoms with E-state index in [9.17, 15) is 5.11 Å². The highest BCUT2D eigenvalue weighted by atomic mass is 79.9. The number of phenolic OH excluding ortho intramolecular Hbond substituents is 1. The zero-order valence-electron chi connectivity index (χ0n) is 14.2. The minimum Gasteiger partial charge on any atom is -0.507 e. The predicted molar refractivity (Wildman–Crippen MR) is 115 cm³/mol. The topological polar surface area (TPSA) is 49.9 Å². The van der Waals surface area contributed by atoms with Gasteiger partial charge < -0.3 is 5.11 Å². The molecule has 26 heavy (non-hydrogen) atoms. The van der Waals surface area contributed by atoms with Crippen molar-refractivity contribution in [3.8, 4) is 17.0 Å². The monoisotopic (exact) mass is 493 g/mol. The summed E-state index contributed by atoms with van der Waals surface area (Å²) in [6.45, 7) is 4.07. The van der Waals surface area contributed by atoms with Gasteiger partial charge >= 0.3 is 0 Å². The molecule has 0 radical (unpaired) electrons. The molecule has 0 saturated carbocycles. The Morgan fingerprint density at radius 1 is 1.15 bits per heavy atom. The van der Waals surface area contributed by atoms with Gasteiger partial charge in [-0.3, -0.25) is 4.99 Å². The average molecular weight is 495 g/mol. The van der Waals surface area contributed by atoms with E-state index < -0.39 is 0 Å². The molecule has 0 unspecified atom stereocenters. The van der Waals surface area contributed by atoms with Crippen LogP contribution in [0.4, 0.5) is 0 Å². The fourth-order valence-corrected chi connectivity index (χ4v) is 4.15. The van der Waals surface area contributed by atoms with Gasteiger partial charge in [-0.25, -0.2) is 4.68 Å². The van der Waals surface area contributed by atoms with Gasteiger partial charge in [0.2, 0.25) is 4.80 Å². The van der Waals surface area contributed by atoms with E-state index in [2.05, 4.69) is 42.0 Å². The average Bonchev–Trinajstić information content (AvgIpc) is 2.98. The summed E-state index contributed by atoms with van der Waals surface area (Å²) >= 11 is 8.57. The Labute approximate surface area is 172 Å². The Balaban J connectivity index is 2.15. The van der Waals surface area contributed by atoms with Crippen LogP contribution in [0.25, 0.3) is 11.3 Å². The second kappa shape index (κ2) is 8.33. The van der Waals surface area contributed by atoms with E-state index >= 15 is 0 Å². The maximum atomic E-state index is 10.1. The zero-order chi connectivity index (χ0) is 18.7. The fraction of sp³-hybridized carbons (Fsp3) is 0.158. The molecule has 0 aliphatic carbocycles. The van der Waals surface area contributed by atoms with Crippen molar-refractivity contribution in [2.75, 3.05) is 0 Å². The Bertz CT molecular complexity index is 1020. The second-order valence-corrected chi connectivity index (χ2v) is 8.47. The molecule has 0 fully saturated rings. The number of aromatic hydroxyl groups is 1. The van der Waals surface area contributed by atoms with Crippen LogP contribution in [0.1, 0.15) is 19.4 Å². The molecule has 2 aromatic carbocycles. The first-order chi connectivity index (χ1) is 12.5. The number of benzene rings is 2. The number of thiazole rings is 1. The largest absolute Gasteiger partial charge is 0.507 e. The van der Waals surface area contributed by atoms with Crippen LogP contribution in [0.5, 0.6) is 5.75 Å². The number of rotatable bonds is 4. The lowest BCUT2D eigenvalue weighted by Crippen LogP contribution is -2.14. The SMILES string of the molecule is CC(C)N=c1scc(-c2ccccc2Br)n1N=Cc1cc(Br)ccc1O. The minimum absolute atomic E-state index is 0.154. The molecule has 0 aliphatic rings. The molecule has 3 rings (SSSR count). The van der Waals surface area contributed by atoms with Crippen molar-refractivity contribution in [1.82, 2.24) is 4.68 Å². The minimum atomic E-state index is 0.154. The lowest BCUT2D eigenvalue weighted by molar-refractivity contribution is 0.474. The molecule has 0 aliphatic heterocycles. The van der Waals surface area contributed by atoms with Crippen LogP contribution in [0, 0.1) is 0 Å². The molecular formula is C19H17Br2N3OS. The highest BCUT2D eigenvalue weighted by molar-refractivity contribution is 9.10. The summed E-state index contributed by atoms with van der Waals surface area (Å²) in [6, 6.07) is 13.4. The van der Waals surface area contributed by atoms with Crippen LogP contribution in [-0.4, -0.2) is 22.0 Å². The fourth-order valence-electron chi connectivity index (χ4n) is 2.32. The van der Waals surface area contributed by atoms with Crippen molar-refractivity contribution < 1.29 is 5.11 Å². The molecule has 0 amide bonds. The van der Waals surface area contributed by atoms with Gasteiger partial charge in [-0.1, -0.05) is 50.1 Å². The number of hydrogen-bond donors (Lipinski definition) is 1. The summed E-state index contributed by atoms with van der Waals surface area (Å²) in [7, 11) is 0. The van der Waals surface area contributed by atoms with Crippen molar-refractivity contribution in [3.63, 3.8) is 0 Å². The number of nitrogens with zero attached hydrogens (tertiary/aromatic N) is 3. The van der Waals surface area contributed by atoms with Crippen LogP contribution in [0.15, 0.2) is 66.9 Å². The van der Waals surface area contributed by atoms with E-state index in [0.29, 0.717) is 5.56 Å². The molecule has 3 aromatic rings. The molecule has 1 N–H and O–H groups in total. The highest BCUT2D eigenvalue weighted by Crippen LogP contribution is 2.28. The van der Waals surface area contributed by atoms with Crippen molar-refractivity contribution in [2.45, 2.75) is 19.9 Å². The van der Waals surface area contributed by atoms with Gasteiger partial charge in [-0.15, -0.1) is 11.3 Å². The van der Waals surface area contributed by atoms with Crippen LogP contribution in [-0.2, 0) is 0 Å². The van der Waals surface area contributed by atoms with Crippen LogP contribution >= 0.6 is 43.2 Å². The van der Waals surface area contributed by atoms with Crippen LogP contribution < -0.4 is 4.80 Å². The summed E-state index contributed by atoms with van der Waals surface area (Å²) in [5.41, 5.74) is 2.60. The summed E-state index contributed by atoms with van der Waals surface area (Å²) in [4.78, 5) is 5.47. The Morgan fingerprint density at radius 3 is 2.65 bits per heavy atom. The molecule has 0 atom stereocenters. The molecule has 0 saturated heterocycles. The molecule has 0 spiro atoms. The van der Waals surface area contributed by atoms with E-state index in [1.165, 1.54) is 0 Å². The van der Waals surface area contributed by atoms with Crippen LogP contribution in [0.2, 0.25) is 0 Å². The molecule has 7 heteroatoms. The first kappa shape index (κ1) is 19.1. The molecule has 1 aromatic heterocycles. The zero-order valence-corrected chi connectivity index (χ0v) is 18.2. The van der Waals surface area contributed by atoms with Crippen molar-refractivity contribution in [2.24, 2.45) is 10.1 Å². The van der Waals surface area contributed by atoms with E-state index in [-0.39, 0.29) is 11.8 Å². The summed E-state index contributed by atoms with van der Waals surface area (Å²) in [6.07, 6.45) is 1.65. The van der Waals surface area contributed by atoms with E-state index in [4.69, 9.17) is 0 Å². The van der Waals surface area contributed by atoms with Gasteiger partial charge in [0, 0.05) is 31.5 Å². The quantitative estimate of drug-likeness (QED) is 0.469. The predicted octanol–water partition coefficient (Wildman–Crippen LogP) is 5.64. The lowest BCUT2D eigenvalue weighted by atomic mass is 10.2. The normalized spacial score (nSPS) is 12.4.